The van der Waals surface area contributed by atoms with E-state index in [4.69, 9.17) is 27.9 Å². The molecule has 29 heavy (non-hydrogen) atoms. The number of pyridine rings is 1. The van der Waals surface area contributed by atoms with Crippen molar-refractivity contribution in [2.24, 2.45) is 5.92 Å². The van der Waals surface area contributed by atoms with Crippen LogP contribution in [0.4, 0.5) is 5.69 Å². The summed E-state index contributed by atoms with van der Waals surface area (Å²) in [6, 6.07) is 11.9. The highest BCUT2D eigenvalue weighted by atomic mass is 35.5. The van der Waals surface area contributed by atoms with Crippen LogP contribution >= 0.6 is 23.2 Å². The van der Waals surface area contributed by atoms with Gasteiger partial charge in [-0.05, 0) is 55.2 Å². The SMILES string of the molecule is O=C(Nc1cccc2c(=O)n(CC3CCOCC3)ccc12)c1ccc(Cl)cc1Cl. The molecule has 0 saturated carbocycles. The summed E-state index contributed by atoms with van der Waals surface area (Å²) >= 11 is 12.0. The zero-order chi connectivity index (χ0) is 20.4. The molecule has 0 aliphatic carbocycles. The second-order valence-corrected chi connectivity index (χ2v) is 8.02. The van der Waals surface area contributed by atoms with Gasteiger partial charge in [-0.25, -0.2) is 0 Å². The molecule has 1 saturated heterocycles. The minimum absolute atomic E-state index is 0.0605. The van der Waals surface area contributed by atoms with Crippen LogP contribution in [-0.4, -0.2) is 23.7 Å². The molecule has 0 spiro atoms. The number of benzene rings is 2. The Hall–Kier alpha value is -2.34. The van der Waals surface area contributed by atoms with Gasteiger partial charge in [0.15, 0.2) is 0 Å². The van der Waals surface area contributed by atoms with E-state index in [-0.39, 0.29) is 16.5 Å². The van der Waals surface area contributed by atoms with E-state index in [1.54, 1.807) is 41.1 Å². The summed E-state index contributed by atoms with van der Waals surface area (Å²) in [6.45, 7) is 2.17. The molecule has 2 aromatic carbocycles. The van der Waals surface area contributed by atoms with Crippen LogP contribution in [0.3, 0.4) is 0 Å². The fraction of sp³-hybridized carbons (Fsp3) is 0.273. The molecular formula is C22H20Cl2N2O3. The topological polar surface area (TPSA) is 60.3 Å². The first-order valence-electron chi connectivity index (χ1n) is 9.49. The lowest BCUT2D eigenvalue weighted by molar-refractivity contribution is 0.0610. The fourth-order valence-electron chi connectivity index (χ4n) is 3.64. The van der Waals surface area contributed by atoms with E-state index < -0.39 is 0 Å². The van der Waals surface area contributed by atoms with Gasteiger partial charge in [-0.1, -0.05) is 29.3 Å². The molecule has 150 valence electrons. The van der Waals surface area contributed by atoms with E-state index in [1.165, 1.54) is 6.07 Å². The summed E-state index contributed by atoms with van der Waals surface area (Å²) in [6.07, 6.45) is 3.72. The van der Waals surface area contributed by atoms with Crippen LogP contribution in [0.5, 0.6) is 0 Å². The van der Waals surface area contributed by atoms with Crippen molar-refractivity contribution in [3.63, 3.8) is 0 Å². The number of aromatic nitrogens is 1. The molecule has 5 nitrogen and oxygen atoms in total. The van der Waals surface area contributed by atoms with Gasteiger partial charge < -0.3 is 14.6 Å². The number of hydrogen-bond donors (Lipinski definition) is 1. The molecule has 2 heterocycles. The van der Waals surface area contributed by atoms with Crippen LogP contribution in [0.15, 0.2) is 53.5 Å². The number of nitrogens with zero attached hydrogens (tertiary/aromatic N) is 1. The Bertz CT molecular complexity index is 1120. The molecule has 1 amide bonds. The lowest BCUT2D eigenvalue weighted by Gasteiger charge is -2.23. The third-order valence-electron chi connectivity index (χ3n) is 5.24. The Balaban J connectivity index is 1.63. The molecule has 0 unspecified atom stereocenters. The van der Waals surface area contributed by atoms with E-state index in [0.717, 1.165) is 26.1 Å². The van der Waals surface area contributed by atoms with E-state index in [0.29, 0.717) is 39.5 Å². The van der Waals surface area contributed by atoms with Crippen molar-refractivity contribution in [2.75, 3.05) is 18.5 Å². The van der Waals surface area contributed by atoms with E-state index in [2.05, 4.69) is 5.32 Å². The Morgan fingerprint density at radius 2 is 1.90 bits per heavy atom. The van der Waals surface area contributed by atoms with Crippen LogP contribution < -0.4 is 10.9 Å². The third kappa shape index (κ3) is 4.32. The van der Waals surface area contributed by atoms with Crippen molar-refractivity contribution in [2.45, 2.75) is 19.4 Å². The largest absolute Gasteiger partial charge is 0.381 e. The van der Waals surface area contributed by atoms with Gasteiger partial charge in [0.05, 0.1) is 10.6 Å². The number of halogens is 2. The Morgan fingerprint density at radius 1 is 1.10 bits per heavy atom. The zero-order valence-electron chi connectivity index (χ0n) is 15.7. The smallest absolute Gasteiger partial charge is 0.258 e. The highest BCUT2D eigenvalue weighted by Crippen LogP contribution is 2.25. The molecule has 4 rings (SSSR count). The number of carbonyl (C=O) groups excluding carboxylic acids is 1. The first kappa shape index (κ1) is 20.0. The van der Waals surface area contributed by atoms with Crippen molar-refractivity contribution >= 4 is 45.6 Å². The predicted molar refractivity (Wildman–Crippen MR) is 116 cm³/mol. The van der Waals surface area contributed by atoms with Gasteiger partial charge in [-0.2, -0.15) is 0 Å². The number of rotatable bonds is 4. The highest BCUT2D eigenvalue weighted by molar-refractivity contribution is 6.37. The summed E-state index contributed by atoms with van der Waals surface area (Å²) in [4.78, 5) is 25.7. The fourth-order valence-corrected chi connectivity index (χ4v) is 4.14. The summed E-state index contributed by atoms with van der Waals surface area (Å²) in [5.41, 5.74) is 0.823. The average molecular weight is 431 g/mol. The van der Waals surface area contributed by atoms with Crippen molar-refractivity contribution in [1.82, 2.24) is 4.57 Å². The maximum absolute atomic E-state index is 13.0. The second-order valence-electron chi connectivity index (χ2n) is 7.17. The van der Waals surface area contributed by atoms with E-state index in [1.807, 2.05) is 6.07 Å². The van der Waals surface area contributed by atoms with Crippen LogP contribution in [0.25, 0.3) is 10.8 Å². The Morgan fingerprint density at radius 3 is 2.66 bits per heavy atom. The monoisotopic (exact) mass is 430 g/mol. The first-order chi connectivity index (χ1) is 14.0. The molecule has 0 atom stereocenters. The standard InChI is InChI=1S/C22H20Cl2N2O3/c23-15-4-5-18(19(24)12-15)21(27)25-20-3-1-2-17-16(20)6-9-26(22(17)28)13-14-7-10-29-11-8-14/h1-6,9,12,14H,7-8,10-11,13H2,(H,25,27). The maximum Gasteiger partial charge on any atom is 0.258 e. The minimum Gasteiger partial charge on any atom is -0.381 e. The molecule has 0 bridgehead atoms. The Kier molecular flexibility index (Phi) is 5.90. The molecule has 1 fully saturated rings. The molecule has 7 heteroatoms. The summed E-state index contributed by atoms with van der Waals surface area (Å²) in [5.74, 6) is 0.0828. The van der Waals surface area contributed by atoms with Crippen LogP contribution in [0, 0.1) is 5.92 Å². The van der Waals surface area contributed by atoms with Crippen LogP contribution in [0.2, 0.25) is 10.0 Å². The minimum atomic E-state index is -0.356. The molecule has 3 aromatic rings. The van der Waals surface area contributed by atoms with Gasteiger partial charge in [0.25, 0.3) is 11.5 Å². The zero-order valence-corrected chi connectivity index (χ0v) is 17.2. The summed E-state index contributed by atoms with van der Waals surface area (Å²) < 4.78 is 7.15. The normalized spacial score (nSPS) is 14.8. The quantitative estimate of drug-likeness (QED) is 0.634. The molecular weight excluding hydrogens is 411 g/mol. The number of fused-ring (bicyclic) bond motifs is 1. The van der Waals surface area contributed by atoms with Gasteiger partial charge in [-0.3, -0.25) is 9.59 Å². The number of hydrogen-bond acceptors (Lipinski definition) is 3. The van der Waals surface area contributed by atoms with Gasteiger partial charge in [0, 0.05) is 47.4 Å². The van der Waals surface area contributed by atoms with Crippen molar-refractivity contribution in [1.29, 1.82) is 0 Å². The van der Waals surface area contributed by atoms with Crippen LogP contribution in [0.1, 0.15) is 23.2 Å². The van der Waals surface area contributed by atoms with Gasteiger partial charge in [0.1, 0.15) is 0 Å². The predicted octanol–water partition coefficient (Wildman–Crippen LogP) is 4.99. The molecule has 1 aromatic heterocycles. The average Bonchev–Trinajstić information content (AvgIpc) is 2.71. The van der Waals surface area contributed by atoms with Crippen molar-refractivity contribution in [3.05, 3.63) is 74.6 Å². The lowest BCUT2D eigenvalue weighted by Crippen LogP contribution is -2.27. The number of anilines is 1. The second kappa shape index (κ2) is 8.57. The van der Waals surface area contributed by atoms with E-state index >= 15 is 0 Å². The van der Waals surface area contributed by atoms with Crippen molar-refractivity contribution in [3.8, 4) is 0 Å². The highest BCUT2D eigenvalue weighted by Gasteiger charge is 2.17. The van der Waals surface area contributed by atoms with Gasteiger partial charge >= 0.3 is 0 Å². The summed E-state index contributed by atoms with van der Waals surface area (Å²) in [7, 11) is 0. The Labute approximate surface area is 178 Å². The molecule has 1 N–H and O–H groups in total. The van der Waals surface area contributed by atoms with Crippen LogP contribution in [-0.2, 0) is 11.3 Å². The number of carbonyl (C=O) groups is 1. The van der Waals surface area contributed by atoms with Gasteiger partial charge in [0.2, 0.25) is 0 Å². The number of amides is 1. The lowest BCUT2D eigenvalue weighted by atomic mass is 10.00. The van der Waals surface area contributed by atoms with E-state index in [9.17, 15) is 9.59 Å². The third-order valence-corrected chi connectivity index (χ3v) is 5.79. The number of nitrogens with one attached hydrogen (secondary N) is 1. The van der Waals surface area contributed by atoms with Crippen molar-refractivity contribution < 1.29 is 9.53 Å². The summed E-state index contributed by atoms with van der Waals surface area (Å²) in [5, 5.41) is 4.85. The molecule has 0 radical (unpaired) electrons. The number of ether oxygens (including phenoxy) is 1. The maximum atomic E-state index is 13.0. The van der Waals surface area contributed by atoms with Gasteiger partial charge in [-0.15, -0.1) is 0 Å². The molecule has 1 aliphatic rings. The molecule has 1 aliphatic heterocycles. The first-order valence-corrected chi connectivity index (χ1v) is 10.2.